The Morgan fingerprint density at radius 3 is 2.50 bits per heavy atom. The SMILES string of the molecule is O=C1S/C(=C\c2ccsc2)C(=O)N1Cc1c(Cl)cccc1Cl. The van der Waals surface area contributed by atoms with E-state index in [1.165, 1.54) is 11.3 Å². The number of thiophene rings is 1. The molecule has 1 aromatic heterocycles. The van der Waals surface area contributed by atoms with Crippen molar-refractivity contribution in [3.63, 3.8) is 0 Å². The van der Waals surface area contributed by atoms with E-state index in [9.17, 15) is 9.59 Å². The maximum absolute atomic E-state index is 12.4. The third-order valence-corrected chi connectivity index (χ3v) is 5.41. The molecule has 1 aromatic carbocycles. The van der Waals surface area contributed by atoms with Gasteiger partial charge in [0.25, 0.3) is 11.1 Å². The highest BCUT2D eigenvalue weighted by Crippen LogP contribution is 2.35. The standard InChI is InChI=1S/C15H9Cl2NO2S2/c16-11-2-1-3-12(17)10(11)7-18-14(19)13(22-15(18)20)6-9-4-5-21-8-9/h1-6,8H,7H2/b13-6-. The van der Waals surface area contributed by atoms with E-state index >= 15 is 0 Å². The van der Waals surface area contributed by atoms with Gasteiger partial charge in [-0.15, -0.1) is 0 Å². The summed E-state index contributed by atoms with van der Waals surface area (Å²) < 4.78 is 0. The van der Waals surface area contributed by atoms with E-state index in [4.69, 9.17) is 23.2 Å². The van der Waals surface area contributed by atoms with Crippen LogP contribution in [0.3, 0.4) is 0 Å². The van der Waals surface area contributed by atoms with Gasteiger partial charge in [-0.25, -0.2) is 0 Å². The zero-order valence-electron chi connectivity index (χ0n) is 11.1. The summed E-state index contributed by atoms with van der Waals surface area (Å²) in [7, 11) is 0. The number of amides is 2. The molecule has 0 N–H and O–H groups in total. The number of thioether (sulfide) groups is 1. The van der Waals surface area contributed by atoms with E-state index < -0.39 is 0 Å². The maximum Gasteiger partial charge on any atom is 0.293 e. The van der Waals surface area contributed by atoms with E-state index in [1.54, 1.807) is 24.3 Å². The van der Waals surface area contributed by atoms with E-state index in [0.717, 1.165) is 22.2 Å². The van der Waals surface area contributed by atoms with Crippen LogP contribution in [0.25, 0.3) is 6.08 Å². The van der Waals surface area contributed by atoms with E-state index in [0.29, 0.717) is 20.5 Å². The van der Waals surface area contributed by atoms with Gasteiger partial charge in [0.1, 0.15) is 0 Å². The second kappa shape index (κ2) is 6.46. The summed E-state index contributed by atoms with van der Waals surface area (Å²) in [5.74, 6) is -0.322. The Labute approximate surface area is 145 Å². The Balaban J connectivity index is 1.86. The first kappa shape index (κ1) is 15.6. The van der Waals surface area contributed by atoms with E-state index in [1.807, 2.05) is 16.8 Å². The van der Waals surface area contributed by atoms with E-state index in [-0.39, 0.29) is 17.7 Å². The third kappa shape index (κ3) is 3.08. The maximum atomic E-state index is 12.4. The van der Waals surface area contributed by atoms with Crippen LogP contribution in [0.15, 0.2) is 39.9 Å². The quantitative estimate of drug-likeness (QED) is 0.689. The van der Waals surface area contributed by atoms with Gasteiger partial charge in [0.2, 0.25) is 0 Å². The van der Waals surface area contributed by atoms with Crippen molar-refractivity contribution in [1.82, 2.24) is 4.90 Å². The molecule has 1 aliphatic heterocycles. The largest absolute Gasteiger partial charge is 0.293 e. The first-order valence-electron chi connectivity index (χ1n) is 6.26. The molecule has 2 heterocycles. The Morgan fingerprint density at radius 2 is 1.86 bits per heavy atom. The predicted octanol–water partition coefficient (Wildman–Crippen LogP) is 5.29. The lowest BCUT2D eigenvalue weighted by molar-refractivity contribution is -0.123. The van der Waals surface area contributed by atoms with Gasteiger partial charge in [0, 0.05) is 15.6 Å². The lowest BCUT2D eigenvalue weighted by atomic mass is 10.2. The number of carbonyl (C=O) groups excluding carboxylic acids is 2. The van der Waals surface area contributed by atoms with Crippen molar-refractivity contribution < 1.29 is 9.59 Å². The molecule has 22 heavy (non-hydrogen) atoms. The van der Waals surface area contributed by atoms with Gasteiger partial charge in [-0.3, -0.25) is 14.5 Å². The number of carbonyl (C=O) groups is 2. The Bertz CT molecular complexity index is 752. The minimum absolute atomic E-state index is 0.0736. The number of benzene rings is 1. The van der Waals surface area contributed by atoms with Gasteiger partial charge in [-0.2, -0.15) is 11.3 Å². The molecule has 0 atom stereocenters. The molecule has 0 aliphatic carbocycles. The van der Waals surface area contributed by atoms with Crippen molar-refractivity contribution in [2.75, 3.05) is 0 Å². The second-order valence-electron chi connectivity index (χ2n) is 4.52. The van der Waals surface area contributed by atoms with Crippen molar-refractivity contribution in [2.24, 2.45) is 0 Å². The summed E-state index contributed by atoms with van der Waals surface area (Å²) in [4.78, 5) is 26.1. The Hall–Kier alpha value is -1.27. The van der Waals surface area contributed by atoms with Crippen LogP contribution in [-0.4, -0.2) is 16.0 Å². The minimum Gasteiger partial charge on any atom is -0.268 e. The molecule has 1 aliphatic rings. The number of imide groups is 1. The van der Waals surface area contributed by atoms with Crippen molar-refractivity contribution in [3.8, 4) is 0 Å². The van der Waals surface area contributed by atoms with Crippen molar-refractivity contribution in [2.45, 2.75) is 6.54 Å². The zero-order valence-corrected chi connectivity index (χ0v) is 14.2. The minimum atomic E-state index is -0.322. The molecule has 1 saturated heterocycles. The van der Waals surface area contributed by atoms with Gasteiger partial charge in [0.05, 0.1) is 11.4 Å². The molecule has 0 radical (unpaired) electrons. The van der Waals surface area contributed by atoms with Gasteiger partial charge in [-0.05, 0) is 52.4 Å². The number of rotatable bonds is 3. The van der Waals surface area contributed by atoms with Crippen LogP contribution in [-0.2, 0) is 11.3 Å². The zero-order chi connectivity index (χ0) is 15.7. The molecule has 2 amide bonds. The molecule has 112 valence electrons. The fourth-order valence-corrected chi connectivity index (χ4v) is 3.96. The van der Waals surface area contributed by atoms with Gasteiger partial charge >= 0.3 is 0 Å². The molecule has 7 heteroatoms. The van der Waals surface area contributed by atoms with Crippen LogP contribution in [0.4, 0.5) is 4.79 Å². The normalized spacial score (nSPS) is 16.8. The Morgan fingerprint density at radius 1 is 1.14 bits per heavy atom. The summed E-state index contributed by atoms with van der Waals surface area (Å²) >= 11 is 14.7. The first-order chi connectivity index (χ1) is 10.6. The van der Waals surface area contributed by atoms with Gasteiger partial charge in [0.15, 0.2) is 0 Å². The van der Waals surface area contributed by atoms with Crippen LogP contribution >= 0.6 is 46.3 Å². The van der Waals surface area contributed by atoms with Gasteiger partial charge in [-0.1, -0.05) is 29.3 Å². The summed E-state index contributed by atoms with van der Waals surface area (Å²) in [6.07, 6.45) is 1.72. The van der Waals surface area contributed by atoms with Crippen molar-refractivity contribution in [3.05, 3.63) is 61.1 Å². The summed E-state index contributed by atoms with van der Waals surface area (Å²) in [6.45, 7) is 0.0736. The highest BCUT2D eigenvalue weighted by Gasteiger charge is 2.35. The lowest BCUT2D eigenvalue weighted by Crippen LogP contribution is -2.27. The molecular weight excluding hydrogens is 361 g/mol. The first-order valence-corrected chi connectivity index (χ1v) is 8.78. The van der Waals surface area contributed by atoms with E-state index in [2.05, 4.69) is 0 Å². The molecule has 3 nitrogen and oxygen atoms in total. The topological polar surface area (TPSA) is 37.4 Å². The summed E-state index contributed by atoms with van der Waals surface area (Å²) in [5, 5.41) is 4.39. The highest BCUT2D eigenvalue weighted by atomic mass is 35.5. The predicted molar refractivity (Wildman–Crippen MR) is 92.3 cm³/mol. The fourth-order valence-electron chi connectivity index (χ4n) is 1.99. The number of hydrogen-bond donors (Lipinski definition) is 0. The average Bonchev–Trinajstić information content (AvgIpc) is 3.06. The second-order valence-corrected chi connectivity index (χ2v) is 7.11. The lowest BCUT2D eigenvalue weighted by Gasteiger charge is -2.14. The monoisotopic (exact) mass is 369 g/mol. The molecule has 1 fully saturated rings. The third-order valence-electron chi connectivity index (χ3n) is 3.09. The van der Waals surface area contributed by atoms with Crippen molar-refractivity contribution >= 4 is 63.5 Å². The molecule has 3 rings (SSSR count). The fraction of sp³-hybridized carbons (Fsp3) is 0.0667. The summed E-state index contributed by atoms with van der Waals surface area (Å²) in [6, 6.07) is 6.98. The molecule has 0 bridgehead atoms. The van der Waals surface area contributed by atoms with Crippen LogP contribution in [0.1, 0.15) is 11.1 Å². The number of hydrogen-bond acceptors (Lipinski definition) is 4. The molecule has 0 saturated carbocycles. The Kier molecular flexibility index (Phi) is 4.59. The number of halogens is 2. The van der Waals surface area contributed by atoms with Gasteiger partial charge < -0.3 is 0 Å². The smallest absolute Gasteiger partial charge is 0.268 e. The van der Waals surface area contributed by atoms with Crippen LogP contribution in [0.5, 0.6) is 0 Å². The highest BCUT2D eigenvalue weighted by molar-refractivity contribution is 8.18. The van der Waals surface area contributed by atoms with Crippen molar-refractivity contribution in [1.29, 1.82) is 0 Å². The molecule has 0 unspecified atom stereocenters. The number of nitrogens with zero attached hydrogens (tertiary/aromatic N) is 1. The summed E-state index contributed by atoms with van der Waals surface area (Å²) in [5.41, 5.74) is 1.48. The van der Waals surface area contributed by atoms with Crippen LogP contribution in [0, 0.1) is 0 Å². The molecule has 2 aromatic rings. The van der Waals surface area contributed by atoms with Crippen LogP contribution in [0.2, 0.25) is 10.0 Å². The molecule has 0 spiro atoms. The average molecular weight is 370 g/mol. The van der Waals surface area contributed by atoms with Crippen LogP contribution < -0.4 is 0 Å². The molecular formula is C15H9Cl2NO2S2.